The number of alkyl halides is 3. The van der Waals surface area contributed by atoms with Crippen LogP contribution in [0.2, 0.25) is 0 Å². The fraction of sp³-hybridized carbons (Fsp3) is 0.381. The Bertz CT molecular complexity index is 1120. The topological polar surface area (TPSA) is 129 Å². The Kier molecular flexibility index (Phi) is 6.51. The molecule has 2 N–H and O–H groups in total. The number of nitrogens with one attached hydrogen (secondary N) is 1. The lowest BCUT2D eigenvalue weighted by Crippen LogP contribution is -2.53. The van der Waals surface area contributed by atoms with Crippen LogP contribution in [0.1, 0.15) is 35.8 Å². The van der Waals surface area contributed by atoms with Crippen LogP contribution >= 0.6 is 0 Å². The van der Waals surface area contributed by atoms with Gasteiger partial charge in [0.1, 0.15) is 28.8 Å². The summed E-state index contributed by atoms with van der Waals surface area (Å²) in [5, 5.41) is 24.9. The monoisotopic (exact) mass is 486 g/mol. The van der Waals surface area contributed by atoms with Crippen LogP contribution in [-0.4, -0.2) is 48.2 Å². The number of nitrogens with zero attached hydrogens (tertiary/aromatic N) is 1. The summed E-state index contributed by atoms with van der Waals surface area (Å²) < 4.78 is 57.8. The third-order valence-corrected chi connectivity index (χ3v) is 5.18. The number of amides is 1. The highest BCUT2D eigenvalue weighted by atomic mass is 19.4. The minimum Gasteiger partial charge on any atom is -0.493 e. The van der Waals surface area contributed by atoms with Crippen LogP contribution in [0.5, 0.6) is 23.0 Å². The molecule has 0 bridgehead atoms. The number of hydrogen-bond acceptors (Lipinski definition) is 8. The molecule has 1 aliphatic rings. The third-order valence-electron chi connectivity index (χ3n) is 5.18. The third kappa shape index (κ3) is 4.93. The van der Waals surface area contributed by atoms with E-state index in [4.69, 9.17) is 14.2 Å². The van der Waals surface area contributed by atoms with E-state index >= 15 is 0 Å². The van der Waals surface area contributed by atoms with E-state index in [9.17, 15) is 33.2 Å². The van der Waals surface area contributed by atoms with Gasteiger partial charge in [0, 0.05) is 11.6 Å². The number of nitro benzene ring substituents is 1. The lowest BCUT2D eigenvalue weighted by Gasteiger charge is -2.42. The average Bonchev–Trinajstić information content (AvgIpc) is 2.74. The summed E-state index contributed by atoms with van der Waals surface area (Å²) in [4.78, 5) is 23.9. The van der Waals surface area contributed by atoms with E-state index in [0.29, 0.717) is 0 Å². The van der Waals surface area contributed by atoms with Crippen LogP contribution in [0.3, 0.4) is 0 Å². The first-order valence-electron chi connectivity index (χ1n) is 9.75. The highest BCUT2D eigenvalue weighted by Gasteiger charge is 2.44. The van der Waals surface area contributed by atoms with Crippen LogP contribution in [0.4, 0.5) is 18.9 Å². The van der Waals surface area contributed by atoms with Gasteiger partial charge in [0.25, 0.3) is 11.6 Å². The molecule has 13 heteroatoms. The summed E-state index contributed by atoms with van der Waals surface area (Å²) in [5.41, 5.74) is -2.29. The lowest BCUT2D eigenvalue weighted by atomic mass is 9.86. The number of ether oxygens (including phenoxy) is 4. The number of aliphatic hydroxyl groups excluding tert-OH is 1. The van der Waals surface area contributed by atoms with Gasteiger partial charge in [0.05, 0.1) is 31.3 Å². The summed E-state index contributed by atoms with van der Waals surface area (Å²) in [6.45, 7) is 3.03. The molecule has 2 atom stereocenters. The van der Waals surface area contributed by atoms with E-state index in [2.05, 4.69) is 10.1 Å². The van der Waals surface area contributed by atoms with Gasteiger partial charge in [-0.3, -0.25) is 14.9 Å². The van der Waals surface area contributed by atoms with Gasteiger partial charge in [0.2, 0.25) is 0 Å². The van der Waals surface area contributed by atoms with Gasteiger partial charge in [-0.2, -0.15) is 0 Å². The highest BCUT2D eigenvalue weighted by Crippen LogP contribution is 2.43. The average molecular weight is 486 g/mol. The molecule has 0 radical (unpaired) electrons. The summed E-state index contributed by atoms with van der Waals surface area (Å²) >= 11 is 0. The highest BCUT2D eigenvalue weighted by molar-refractivity contribution is 5.99. The van der Waals surface area contributed by atoms with Crippen molar-refractivity contribution in [2.45, 2.75) is 38.0 Å². The maximum atomic E-state index is 13.1. The van der Waals surface area contributed by atoms with E-state index in [0.717, 1.165) is 24.3 Å². The van der Waals surface area contributed by atoms with Crippen molar-refractivity contribution < 1.29 is 46.9 Å². The number of fused-ring (bicyclic) bond motifs is 1. The molecule has 0 aromatic heterocycles. The number of halogens is 3. The molecule has 0 aliphatic carbocycles. The normalized spacial score (nSPS) is 18.8. The van der Waals surface area contributed by atoms with E-state index in [1.165, 1.54) is 34.1 Å². The quantitative estimate of drug-likeness (QED) is 0.469. The van der Waals surface area contributed by atoms with Crippen molar-refractivity contribution in [2.24, 2.45) is 0 Å². The molecule has 10 nitrogen and oxygen atoms in total. The summed E-state index contributed by atoms with van der Waals surface area (Å²) in [6.07, 6.45) is -6.41. The first-order valence-corrected chi connectivity index (χ1v) is 9.75. The molecule has 2 aromatic rings. The van der Waals surface area contributed by atoms with Crippen LogP contribution < -0.4 is 24.3 Å². The smallest absolute Gasteiger partial charge is 0.493 e. The van der Waals surface area contributed by atoms with Gasteiger partial charge in [0.15, 0.2) is 11.5 Å². The molecule has 34 heavy (non-hydrogen) atoms. The standard InChI is InChI=1S/C21H21F3N2O8/c1-20(2)18(27)17(12-7-10(33-21(22,23)24)5-6-14(12)34-20)25-19(28)11-8-15(31-3)16(32-4)9-13(11)26(29)30/h5-9,17-18,27H,1-4H3,(H,25,28)/t17-,18+/m1/s1. The fourth-order valence-electron chi connectivity index (χ4n) is 3.55. The molecule has 1 aliphatic heterocycles. The van der Waals surface area contributed by atoms with Gasteiger partial charge in [-0.25, -0.2) is 0 Å². The molecule has 3 rings (SSSR count). The number of aliphatic hydroxyl groups is 1. The SMILES string of the molecule is COc1cc(C(=O)N[C@@H]2c3cc(OC(F)(F)F)ccc3OC(C)(C)[C@H]2O)c([N+](=O)[O-])cc1OC. The Morgan fingerprint density at radius 1 is 1.18 bits per heavy atom. The van der Waals surface area contributed by atoms with E-state index in [1.807, 2.05) is 0 Å². The molecule has 184 valence electrons. The second-order valence-corrected chi connectivity index (χ2v) is 7.83. The summed E-state index contributed by atoms with van der Waals surface area (Å²) in [6, 6.07) is 4.00. The van der Waals surface area contributed by atoms with E-state index in [-0.39, 0.29) is 22.8 Å². The number of hydrogen-bond donors (Lipinski definition) is 2. The molecule has 0 saturated carbocycles. The zero-order chi connectivity index (χ0) is 25.4. The Hall–Kier alpha value is -3.74. The first-order chi connectivity index (χ1) is 15.8. The van der Waals surface area contributed by atoms with Gasteiger partial charge >= 0.3 is 6.36 Å². The van der Waals surface area contributed by atoms with E-state index in [1.54, 1.807) is 0 Å². The predicted molar refractivity (Wildman–Crippen MR) is 110 cm³/mol. The molecule has 1 heterocycles. The van der Waals surface area contributed by atoms with Gasteiger partial charge < -0.3 is 29.4 Å². The Balaban J connectivity index is 2.06. The number of methoxy groups -OCH3 is 2. The van der Waals surface area contributed by atoms with E-state index < -0.39 is 51.9 Å². The maximum absolute atomic E-state index is 13.1. The summed E-state index contributed by atoms with van der Waals surface area (Å²) in [7, 11) is 2.54. The molecule has 0 fully saturated rings. The lowest BCUT2D eigenvalue weighted by molar-refractivity contribution is -0.385. The van der Waals surface area contributed by atoms with Crippen molar-refractivity contribution in [3.63, 3.8) is 0 Å². The van der Waals surface area contributed by atoms with Gasteiger partial charge in [-0.05, 0) is 32.0 Å². The first kappa shape index (κ1) is 24.9. The Labute approximate surface area is 191 Å². The second-order valence-electron chi connectivity index (χ2n) is 7.83. The van der Waals surface area contributed by atoms with Crippen molar-refractivity contribution in [3.8, 4) is 23.0 Å². The molecular formula is C21H21F3N2O8. The molecule has 0 spiro atoms. The van der Waals surface area contributed by atoms with Gasteiger partial charge in [-0.1, -0.05) is 0 Å². The Morgan fingerprint density at radius 2 is 1.79 bits per heavy atom. The van der Waals surface area contributed by atoms with Crippen LogP contribution in [-0.2, 0) is 0 Å². The predicted octanol–water partition coefficient (Wildman–Crippen LogP) is 3.51. The van der Waals surface area contributed by atoms with Crippen LogP contribution in [0.25, 0.3) is 0 Å². The largest absolute Gasteiger partial charge is 0.573 e. The Morgan fingerprint density at radius 3 is 2.35 bits per heavy atom. The van der Waals surface area contributed by atoms with Crippen molar-refractivity contribution in [1.82, 2.24) is 5.32 Å². The maximum Gasteiger partial charge on any atom is 0.573 e. The molecule has 0 unspecified atom stereocenters. The molecular weight excluding hydrogens is 465 g/mol. The number of carbonyl (C=O) groups is 1. The zero-order valence-electron chi connectivity index (χ0n) is 18.4. The number of nitro groups is 1. The van der Waals surface area contributed by atoms with Crippen LogP contribution in [0, 0.1) is 10.1 Å². The zero-order valence-corrected chi connectivity index (χ0v) is 18.4. The molecule has 2 aromatic carbocycles. The molecule has 1 amide bonds. The van der Waals surface area contributed by atoms with Gasteiger partial charge in [-0.15, -0.1) is 13.2 Å². The van der Waals surface area contributed by atoms with Crippen molar-refractivity contribution in [2.75, 3.05) is 14.2 Å². The van der Waals surface area contributed by atoms with Crippen molar-refractivity contribution >= 4 is 11.6 Å². The second kappa shape index (κ2) is 8.89. The number of rotatable bonds is 6. The summed E-state index contributed by atoms with van der Waals surface area (Å²) in [5.74, 6) is -1.44. The van der Waals surface area contributed by atoms with Crippen molar-refractivity contribution in [3.05, 3.63) is 51.6 Å². The minimum absolute atomic E-state index is 0.00921. The number of carbonyl (C=O) groups excluding carboxylic acids is 1. The number of benzene rings is 2. The molecule has 0 saturated heterocycles. The fourth-order valence-corrected chi connectivity index (χ4v) is 3.55. The van der Waals surface area contributed by atoms with Crippen LogP contribution in [0.15, 0.2) is 30.3 Å². The van der Waals surface area contributed by atoms with Crippen molar-refractivity contribution in [1.29, 1.82) is 0 Å². The minimum atomic E-state index is -4.97.